The number of hydrogen-bond acceptors (Lipinski definition) is 8. The van der Waals surface area contributed by atoms with Crippen molar-refractivity contribution in [2.45, 2.75) is 214 Å². The predicted octanol–water partition coefficient (Wildman–Crippen LogP) is 29.9. The molecule has 4 heterocycles. The van der Waals surface area contributed by atoms with E-state index in [0.29, 0.717) is 40.9 Å². The number of amides is 4. The molecule has 4 aliphatic carbocycles. The molecule has 0 radical (unpaired) electrons. The predicted molar refractivity (Wildman–Crippen MR) is 551 cm³/mol. The summed E-state index contributed by atoms with van der Waals surface area (Å²) >= 11 is 0. The average Bonchev–Trinajstić information content (AvgIpc) is 1.44. The van der Waals surface area contributed by atoms with E-state index in [1.165, 1.54) is 81.0 Å². The normalized spacial score (nSPS) is 19.1. The van der Waals surface area contributed by atoms with Crippen LogP contribution in [0.5, 0.6) is 0 Å². The van der Waals surface area contributed by atoms with Crippen molar-refractivity contribution in [2.75, 3.05) is 21.3 Å². The average molecular weight is 1910 g/mol. The van der Waals surface area contributed by atoms with Crippen molar-refractivity contribution in [1.82, 2.24) is 38.2 Å². The van der Waals surface area contributed by atoms with Crippen LogP contribution in [-0.4, -0.2) is 61.8 Å². The fourth-order valence-corrected chi connectivity index (χ4v) is 17.6. The summed E-state index contributed by atoms with van der Waals surface area (Å²) < 4.78 is 116. The van der Waals surface area contributed by atoms with Gasteiger partial charge in [0.1, 0.15) is 40.6 Å². The van der Waals surface area contributed by atoms with Crippen molar-refractivity contribution in [2.24, 2.45) is 21.7 Å². The number of rotatable bonds is 28. The Labute approximate surface area is 820 Å². The number of nitrogens with one attached hydrogen (secondary N) is 4. The Morgan fingerprint density at radius 2 is 0.621 bits per heavy atom. The smallest absolute Gasteiger partial charge is 0.248 e. The lowest BCUT2D eigenvalue weighted by molar-refractivity contribution is -0.112. The van der Waals surface area contributed by atoms with Crippen LogP contribution in [0.15, 0.2) is 383 Å². The summed E-state index contributed by atoms with van der Waals surface area (Å²) in [5.41, 5.74) is 17.9. The van der Waals surface area contributed by atoms with Gasteiger partial charge < -0.3 is 39.5 Å². The molecule has 4 aromatic heterocycles. The number of para-hydroxylation sites is 1. The maximum Gasteiger partial charge on any atom is 0.248 e. The van der Waals surface area contributed by atoms with Gasteiger partial charge in [-0.3, -0.25) is 19.2 Å². The molecule has 4 N–H and O–H groups in total. The number of halogens is 8. The van der Waals surface area contributed by atoms with E-state index in [0.717, 1.165) is 140 Å². The molecule has 0 saturated heterocycles. The van der Waals surface area contributed by atoms with E-state index in [4.69, 9.17) is 0 Å². The summed E-state index contributed by atoms with van der Waals surface area (Å²) in [6.45, 7) is 42.4. The second-order valence-corrected chi connectivity index (χ2v) is 38.6. The number of benzene rings is 4. The summed E-state index contributed by atoms with van der Waals surface area (Å²) in [6.07, 6.45) is 77.0. The zero-order valence-corrected chi connectivity index (χ0v) is 83.9. The highest BCUT2D eigenvalue weighted by atomic mass is 19.2. The Kier molecular flexibility index (Phi) is 39.8. The quantitative estimate of drug-likeness (QED) is 0.0212. The second kappa shape index (κ2) is 51.0. The third-order valence-corrected chi connectivity index (χ3v) is 25.4. The molecule has 4 aromatic carbocycles. The van der Waals surface area contributed by atoms with E-state index >= 15 is 0 Å². The van der Waals surface area contributed by atoms with Gasteiger partial charge in [-0.1, -0.05) is 205 Å². The van der Waals surface area contributed by atoms with Gasteiger partial charge in [-0.2, -0.15) is 0 Å². The van der Waals surface area contributed by atoms with Gasteiger partial charge >= 0.3 is 0 Å². The minimum atomic E-state index is -1.00. The van der Waals surface area contributed by atoms with Crippen molar-refractivity contribution in [3.63, 3.8) is 0 Å². The molecule has 4 aliphatic rings. The summed E-state index contributed by atoms with van der Waals surface area (Å²) in [4.78, 5) is 65.3. The van der Waals surface area contributed by atoms with Crippen LogP contribution in [0.1, 0.15) is 214 Å². The van der Waals surface area contributed by atoms with Gasteiger partial charge in [0, 0.05) is 103 Å². The molecule has 16 nitrogen and oxygen atoms in total. The lowest BCUT2D eigenvalue weighted by atomic mass is 9.71. The Morgan fingerprint density at radius 3 is 0.929 bits per heavy atom. The van der Waals surface area contributed by atoms with E-state index in [-0.39, 0.29) is 38.7 Å². The Bertz CT molecular complexity index is 6350. The summed E-state index contributed by atoms with van der Waals surface area (Å²) in [6, 6.07) is 13.8. The van der Waals surface area contributed by atoms with Crippen LogP contribution in [-0.2, 0) is 19.2 Å². The van der Waals surface area contributed by atoms with Crippen LogP contribution < -0.4 is 21.3 Å². The van der Waals surface area contributed by atoms with E-state index in [1.54, 1.807) is 39.8 Å². The number of aromatic nitrogens is 8. The minimum Gasteiger partial charge on any atom is -0.330 e. The maximum atomic E-state index is 13.7. The third-order valence-electron chi connectivity index (χ3n) is 25.4. The Hall–Kier alpha value is -14.2. The van der Waals surface area contributed by atoms with Crippen molar-refractivity contribution in [1.29, 1.82) is 0 Å². The molecule has 0 spiro atoms. The highest BCUT2D eigenvalue weighted by Crippen LogP contribution is 2.50. The molecule has 12 rings (SSSR count). The molecule has 4 amide bonds. The lowest BCUT2D eigenvalue weighted by Gasteiger charge is -2.38. The summed E-state index contributed by atoms with van der Waals surface area (Å²) in [5.74, 6) is -8.34. The fourth-order valence-electron chi connectivity index (χ4n) is 17.6. The van der Waals surface area contributed by atoms with Gasteiger partial charge in [-0.15, -0.1) is 0 Å². The zero-order valence-electron chi connectivity index (χ0n) is 83.9. The van der Waals surface area contributed by atoms with Crippen LogP contribution >= 0.6 is 0 Å². The van der Waals surface area contributed by atoms with Gasteiger partial charge in [-0.05, 0) is 272 Å². The summed E-state index contributed by atoms with van der Waals surface area (Å²) in [7, 11) is 0. The molecule has 0 aliphatic heterocycles. The number of allylic oxidation sites excluding steroid dienone is 36. The van der Waals surface area contributed by atoms with E-state index < -0.39 is 75.9 Å². The molecule has 736 valence electrons. The van der Waals surface area contributed by atoms with Gasteiger partial charge in [0.15, 0.2) is 11.6 Å². The standard InChI is InChI=1S/4C29H33F2N3O/c1-20(8-6-9-21(2)18-27(35)33-28-24(30)10-7-11-25(28)31)12-13-23-22(3)26(14-15-29(23,4)5)34-17-16-32-19-34;1-20(7-6-8-21(2)17-28(35)33-23-10-12-25(30)26(31)18-23)9-11-24-22(3)27(13-14-29(24,4)5)34-16-15-32-19-34;1-20(7-6-8-21(2)17-28(35)33-26-18-23(30)10-12-25(26)31)9-11-24-22(3)27(13-14-29(24,4)5)34-16-15-32-19-34;1-20(7-6-8-21(2)15-28(35)33-25-17-23(30)16-24(31)18-25)9-10-26-22(3)27(11-12-29(26,4)5)34-14-13-32-19-34/h6-13,16-19,26H,14-15H2,1-5H3,(H,33,35);2*6-12,15-19,27H,13-14H2,1-5H3,(H,33,35);6-10,13-19,27H,11-12H2,1-5H3,(H,33,35)/b9-6+,13-12+,20-8+,21-18+;2*8-6+,11-9+,20-7+,21-17+;8-6+,10-9+,20-7+,21-15+. The zero-order chi connectivity index (χ0) is 102. The molecule has 4 atom stereocenters. The minimum absolute atomic E-state index is 0.0759. The van der Waals surface area contributed by atoms with Crippen LogP contribution in [0.2, 0.25) is 0 Å². The van der Waals surface area contributed by atoms with Gasteiger partial charge in [0.05, 0.1) is 55.2 Å². The van der Waals surface area contributed by atoms with Gasteiger partial charge in [0.2, 0.25) is 23.6 Å². The van der Waals surface area contributed by atoms with Crippen LogP contribution in [0, 0.1) is 68.2 Å². The van der Waals surface area contributed by atoms with E-state index in [9.17, 15) is 54.3 Å². The first kappa shape index (κ1) is 109. The molecular formula is C116H132F8N12O4. The topological polar surface area (TPSA) is 188 Å². The lowest BCUT2D eigenvalue weighted by Crippen LogP contribution is -2.25. The third kappa shape index (κ3) is 33.0. The monoisotopic (exact) mass is 1910 g/mol. The van der Waals surface area contributed by atoms with Gasteiger partial charge in [0.25, 0.3) is 0 Å². The number of hydrogen-bond donors (Lipinski definition) is 4. The van der Waals surface area contributed by atoms with E-state index in [1.807, 2.05) is 163 Å². The molecule has 0 saturated carbocycles. The van der Waals surface area contributed by atoms with Crippen LogP contribution in [0.3, 0.4) is 0 Å². The fraction of sp³-hybridized carbons (Fsp3) is 0.310. The second-order valence-electron chi connectivity index (χ2n) is 38.6. The van der Waals surface area contributed by atoms with E-state index in [2.05, 4.69) is 191 Å². The van der Waals surface area contributed by atoms with Crippen molar-refractivity contribution in [3.8, 4) is 0 Å². The first-order chi connectivity index (χ1) is 66.3. The Balaban J connectivity index is 0.000000209. The number of anilines is 4. The molecule has 0 fully saturated rings. The first-order valence-corrected chi connectivity index (χ1v) is 46.9. The van der Waals surface area contributed by atoms with Gasteiger partial charge in [-0.25, -0.2) is 55.1 Å². The molecule has 8 aromatic rings. The Morgan fingerprint density at radius 1 is 0.321 bits per heavy atom. The number of carbonyl (C=O) groups excluding carboxylic acids is 4. The molecular weight excluding hydrogens is 1780 g/mol. The molecule has 0 bridgehead atoms. The largest absolute Gasteiger partial charge is 0.330 e. The number of nitrogens with zero attached hydrogens (tertiary/aromatic N) is 8. The van der Waals surface area contributed by atoms with Crippen molar-refractivity contribution in [3.05, 3.63) is 429 Å². The van der Waals surface area contributed by atoms with Crippen molar-refractivity contribution < 1.29 is 54.3 Å². The molecule has 4 unspecified atom stereocenters. The molecule has 24 heteroatoms. The van der Waals surface area contributed by atoms with Crippen LogP contribution in [0.25, 0.3) is 0 Å². The first-order valence-electron chi connectivity index (χ1n) is 46.9. The highest BCUT2D eigenvalue weighted by Gasteiger charge is 2.37. The number of carbonyl (C=O) groups is 4. The number of imidazole rings is 4. The maximum absolute atomic E-state index is 13.7. The SMILES string of the molecule is CC1=C(/C=C/C(C)=C/C=C/C(C)=C/C(=O)Nc2c(F)cccc2F)C(C)(C)CCC1n1ccnc1.CC1=C(/C=C/C(C)=C/C=C/C(C)=C/C(=O)Nc2cc(F)cc(F)c2)C(C)(C)CCC1n1ccnc1.CC1=C(/C=C/C(C)=C/C=C/C(C)=C/C(=O)Nc2cc(F)ccc2F)C(C)(C)CCC1n1ccnc1.CC1=C(/C=C/C(C)=C/C=C/C(C)=C/C(=O)Nc2ccc(F)c(F)c2)C(C)(C)CCC1n1ccnc1. The van der Waals surface area contributed by atoms with Crippen molar-refractivity contribution >= 4 is 46.4 Å². The molecule has 140 heavy (non-hydrogen) atoms. The highest BCUT2D eigenvalue weighted by molar-refractivity contribution is 6.02. The van der Waals surface area contributed by atoms with Crippen LogP contribution in [0.4, 0.5) is 57.9 Å². The summed E-state index contributed by atoms with van der Waals surface area (Å²) in [5, 5.41) is 9.61.